The molecule has 10 heteroatoms. The molecule has 1 aromatic carbocycles. The zero-order chi connectivity index (χ0) is 24.9. The minimum Gasteiger partial charge on any atom is -0.494 e. The van der Waals surface area contributed by atoms with Crippen molar-refractivity contribution in [2.75, 3.05) is 19.7 Å². The summed E-state index contributed by atoms with van der Waals surface area (Å²) in [5, 5.41) is 1.78. The highest BCUT2D eigenvalue weighted by Crippen LogP contribution is 2.19. The summed E-state index contributed by atoms with van der Waals surface area (Å²) < 4.78 is 14.7. The normalized spacial score (nSPS) is 10.9. The maximum atomic E-state index is 12.7. The van der Waals surface area contributed by atoms with Crippen molar-refractivity contribution in [3.8, 4) is 5.75 Å². The number of halogens is 2. The highest BCUT2D eigenvalue weighted by Gasteiger charge is 2.10. The molecule has 0 saturated carbocycles. The van der Waals surface area contributed by atoms with Gasteiger partial charge in [0.1, 0.15) is 5.75 Å². The van der Waals surface area contributed by atoms with E-state index in [9.17, 15) is 9.59 Å². The van der Waals surface area contributed by atoms with E-state index in [1.807, 2.05) is 48.7 Å². The van der Waals surface area contributed by atoms with Crippen molar-refractivity contribution in [1.29, 1.82) is 0 Å². The SMILES string of the molecule is Cl.Cl.Cn1c(=O)ccc2cc(OCCCN(CCn3ccc4ccoc4c3=O)Cc3ccncc3)ccc21. The first-order chi connectivity index (χ1) is 17.6. The molecule has 5 rings (SSSR count). The van der Waals surface area contributed by atoms with Gasteiger partial charge in [0.2, 0.25) is 0 Å². The number of aromatic nitrogens is 3. The molecule has 4 aromatic heterocycles. The van der Waals surface area contributed by atoms with Gasteiger partial charge in [-0.1, -0.05) is 0 Å². The molecule has 0 unspecified atom stereocenters. The van der Waals surface area contributed by atoms with Gasteiger partial charge in [-0.15, -0.1) is 24.8 Å². The van der Waals surface area contributed by atoms with E-state index in [2.05, 4.69) is 9.88 Å². The first-order valence-electron chi connectivity index (χ1n) is 12.0. The molecule has 0 fully saturated rings. The first kappa shape index (κ1) is 29.0. The molecule has 0 amide bonds. The number of fused-ring (bicyclic) bond motifs is 2. The van der Waals surface area contributed by atoms with Gasteiger partial charge in [0.25, 0.3) is 11.1 Å². The third-order valence-corrected chi connectivity index (χ3v) is 6.38. The lowest BCUT2D eigenvalue weighted by molar-refractivity contribution is 0.221. The van der Waals surface area contributed by atoms with Gasteiger partial charge in [0, 0.05) is 68.7 Å². The molecule has 8 nitrogen and oxygen atoms in total. The van der Waals surface area contributed by atoms with Gasteiger partial charge in [-0.2, -0.15) is 0 Å². The summed E-state index contributed by atoms with van der Waals surface area (Å²) in [4.78, 5) is 31.0. The van der Waals surface area contributed by atoms with Crippen LogP contribution in [0.3, 0.4) is 0 Å². The molecule has 0 radical (unpaired) electrons. The number of nitrogens with zero attached hydrogens (tertiary/aromatic N) is 4. The molecule has 38 heavy (non-hydrogen) atoms. The van der Waals surface area contributed by atoms with E-state index in [0.29, 0.717) is 25.3 Å². The van der Waals surface area contributed by atoms with Crippen LogP contribution in [-0.4, -0.2) is 38.7 Å². The van der Waals surface area contributed by atoms with Crippen molar-refractivity contribution in [1.82, 2.24) is 19.0 Å². The van der Waals surface area contributed by atoms with Crippen molar-refractivity contribution in [3.63, 3.8) is 0 Å². The van der Waals surface area contributed by atoms with Gasteiger partial charge < -0.3 is 18.3 Å². The van der Waals surface area contributed by atoms with Crippen molar-refractivity contribution >= 4 is 46.7 Å². The van der Waals surface area contributed by atoms with Gasteiger partial charge in [-0.25, -0.2) is 0 Å². The fourth-order valence-electron chi connectivity index (χ4n) is 4.37. The quantitative estimate of drug-likeness (QED) is 0.233. The molecule has 0 aliphatic rings. The van der Waals surface area contributed by atoms with E-state index in [-0.39, 0.29) is 35.9 Å². The summed E-state index contributed by atoms with van der Waals surface area (Å²) in [6, 6.07) is 16.9. The smallest absolute Gasteiger partial charge is 0.294 e. The third kappa shape index (κ3) is 6.64. The summed E-state index contributed by atoms with van der Waals surface area (Å²) >= 11 is 0. The minimum absolute atomic E-state index is 0. The van der Waals surface area contributed by atoms with Gasteiger partial charge in [-0.05, 0) is 60.5 Å². The van der Waals surface area contributed by atoms with Gasteiger partial charge in [0.15, 0.2) is 5.58 Å². The summed E-state index contributed by atoms with van der Waals surface area (Å²) in [5.74, 6) is 0.778. The molecule has 0 aliphatic carbocycles. The Labute approximate surface area is 232 Å². The van der Waals surface area contributed by atoms with Gasteiger partial charge in [-0.3, -0.25) is 19.5 Å². The average Bonchev–Trinajstić information content (AvgIpc) is 3.39. The largest absolute Gasteiger partial charge is 0.494 e. The summed E-state index contributed by atoms with van der Waals surface area (Å²) in [7, 11) is 1.77. The van der Waals surface area contributed by atoms with Crippen LogP contribution in [0.5, 0.6) is 5.75 Å². The van der Waals surface area contributed by atoms with Crippen LogP contribution in [-0.2, 0) is 20.1 Å². The molecule has 0 spiro atoms. The minimum atomic E-state index is -0.113. The monoisotopic (exact) mass is 556 g/mol. The Balaban J connectivity index is 0.00000200. The topological polar surface area (TPSA) is 82.5 Å². The summed E-state index contributed by atoms with van der Waals surface area (Å²) in [5.41, 5.74) is 2.29. The van der Waals surface area contributed by atoms with E-state index in [1.54, 1.807) is 47.0 Å². The zero-order valence-electron chi connectivity index (χ0n) is 21.0. The summed E-state index contributed by atoms with van der Waals surface area (Å²) in [6.45, 7) is 3.39. The van der Waals surface area contributed by atoms with Crippen LogP contribution >= 0.6 is 24.8 Å². The number of furan rings is 1. The lowest BCUT2D eigenvalue weighted by Crippen LogP contribution is -2.32. The van der Waals surface area contributed by atoms with Crippen LogP contribution in [0.1, 0.15) is 12.0 Å². The average molecular weight is 557 g/mol. The molecule has 0 saturated heterocycles. The predicted octanol–water partition coefficient (Wildman–Crippen LogP) is 4.66. The van der Waals surface area contributed by atoms with Crippen LogP contribution in [0.15, 0.2) is 93.5 Å². The Morgan fingerprint density at radius 2 is 1.76 bits per heavy atom. The Morgan fingerprint density at radius 3 is 2.58 bits per heavy atom. The van der Waals surface area contributed by atoms with Crippen LogP contribution in [0.2, 0.25) is 0 Å². The Hall–Kier alpha value is -3.59. The standard InChI is InChI=1S/C28H28N4O4.2ClH/c1-30-25-5-4-24(19-23(25)3-6-26(30)33)35-17-2-13-31(20-21-7-11-29-12-8-21)15-16-32-14-9-22-10-18-36-27(22)28(32)34;;/h3-12,14,18-19H,2,13,15-17,20H2,1H3;2*1H. The Kier molecular flexibility index (Phi) is 10.1. The van der Waals surface area contributed by atoms with E-state index in [4.69, 9.17) is 9.15 Å². The van der Waals surface area contributed by atoms with Crippen LogP contribution in [0.25, 0.3) is 21.9 Å². The number of ether oxygens (including phenoxy) is 1. The zero-order valence-corrected chi connectivity index (χ0v) is 22.6. The Bertz CT molecular complexity index is 1600. The molecule has 4 heterocycles. The van der Waals surface area contributed by atoms with E-state index in [1.165, 1.54) is 5.56 Å². The molecule has 0 aliphatic heterocycles. The number of benzene rings is 1. The lowest BCUT2D eigenvalue weighted by Gasteiger charge is -2.23. The lowest BCUT2D eigenvalue weighted by atomic mass is 10.2. The second kappa shape index (κ2) is 13.3. The fraction of sp³-hybridized carbons (Fsp3) is 0.250. The number of hydrogen-bond donors (Lipinski definition) is 0. The van der Waals surface area contributed by atoms with Gasteiger partial charge in [0.05, 0.1) is 18.4 Å². The van der Waals surface area contributed by atoms with E-state index in [0.717, 1.165) is 41.5 Å². The molecule has 0 N–H and O–H groups in total. The van der Waals surface area contributed by atoms with Crippen molar-refractivity contribution in [3.05, 3.63) is 106 Å². The number of rotatable bonds is 10. The van der Waals surface area contributed by atoms with Crippen molar-refractivity contribution in [2.24, 2.45) is 7.05 Å². The van der Waals surface area contributed by atoms with E-state index < -0.39 is 0 Å². The molecule has 0 atom stereocenters. The maximum Gasteiger partial charge on any atom is 0.294 e. The number of aryl methyl sites for hydroxylation is 1. The predicted molar refractivity (Wildman–Crippen MR) is 154 cm³/mol. The second-order valence-electron chi connectivity index (χ2n) is 8.80. The first-order valence-corrected chi connectivity index (χ1v) is 12.0. The third-order valence-electron chi connectivity index (χ3n) is 6.38. The highest BCUT2D eigenvalue weighted by atomic mass is 35.5. The van der Waals surface area contributed by atoms with Crippen molar-refractivity contribution in [2.45, 2.75) is 19.5 Å². The van der Waals surface area contributed by atoms with E-state index >= 15 is 0 Å². The van der Waals surface area contributed by atoms with Gasteiger partial charge >= 0.3 is 0 Å². The summed E-state index contributed by atoms with van der Waals surface area (Å²) in [6.07, 6.45) is 7.78. The number of pyridine rings is 3. The van der Waals surface area contributed by atoms with Crippen LogP contribution in [0, 0.1) is 0 Å². The molecular weight excluding hydrogens is 527 g/mol. The van der Waals surface area contributed by atoms with Crippen LogP contribution < -0.4 is 15.9 Å². The molecule has 5 aromatic rings. The van der Waals surface area contributed by atoms with Crippen LogP contribution in [0.4, 0.5) is 0 Å². The maximum absolute atomic E-state index is 12.7. The fourth-order valence-corrected chi connectivity index (χ4v) is 4.37. The highest BCUT2D eigenvalue weighted by molar-refractivity contribution is 5.85. The molecular formula is C28H30Cl2N4O4. The molecule has 200 valence electrons. The Morgan fingerprint density at radius 1 is 0.947 bits per heavy atom. The molecule has 0 bridgehead atoms. The number of hydrogen-bond acceptors (Lipinski definition) is 6. The second-order valence-corrected chi connectivity index (χ2v) is 8.80. The van der Waals surface area contributed by atoms with Crippen molar-refractivity contribution < 1.29 is 9.15 Å².